The van der Waals surface area contributed by atoms with Gasteiger partial charge in [-0.1, -0.05) is 35.9 Å². The van der Waals surface area contributed by atoms with E-state index in [0.29, 0.717) is 12.0 Å². The van der Waals surface area contributed by atoms with Gasteiger partial charge in [-0.25, -0.2) is 0 Å². The van der Waals surface area contributed by atoms with Crippen molar-refractivity contribution in [2.45, 2.75) is 24.6 Å². The first-order chi connectivity index (χ1) is 12.8. The summed E-state index contributed by atoms with van der Waals surface area (Å²) in [5.74, 6) is -0.639. The summed E-state index contributed by atoms with van der Waals surface area (Å²) in [6.45, 7) is 0. The average molecular weight is 395 g/mol. The lowest BCUT2D eigenvalue weighted by Crippen LogP contribution is -2.31. The van der Waals surface area contributed by atoms with Gasteiger partial charge in [0, 0.05) is 18.1 Å². The van der Waals surface area contributed by atoms with E-state index < -0.39 is 22.6 Å². The molecule has 0 amide bonds. The Kier molecular flexibility index (Phi) is 4.14. The maximum absolute atomic E-state index is 13.6. The molecule has 0 bridgehead atoms. The number of rotatable bonds is 2. The molecule has 27 heavy (non-hydrogen) atoms. The molecule has 1 aliphatic heterocycles. The standard InChI is InChI=1S/C19H14ClF3N2O2/c20-15-8-7-14(19(21,22)23)16-12-5-2-6-13(12)17(24-18(15)16)10-3-1-4-11(9-10)25(26)27/h1-5,7-9,12-13,17,24H,6H2/t12-,13-,17+/m1/s1. The van der Waals surface area contributed by atoms with Crippen molar-refractivity contribution in [2.75, 3.05) is 5.32 Å². The van der Waals surface area contributed by atoms with Crippen LogP contribution in [0, 0.1) is 16.0 Å². The molecule has 0 fully saturated rings. The highest BCUT2D eigenvalue weighted by Gasteiger charge is 2.45. The van der Waals surface area contributed by atoms with Crippen LogP contribution in [0.25, 0.3) is 0 Å². The van der Waals surface area contributed by atoms with Gasteiger partial charge in [0.05, 0.1) is 27.2 Å². The van der Waals surface area contributed by atoms with Crippen LogP contribution in [0.1, 0.15) is 35.1 Å². The first kappa shape index (κ1) is 17.9. The highest BCUT2D eigenvalue weighted by Crippen LogP contribution is 2.54. The summed E-state index contributed by atoms with van der Waals surface area (Å²) in [5.41, 5.74) is 0.291. The first-order valence-electron chi connectivity index (χ1n) is 8.34. The van der Waals surface area contributed by atoms with Gasteiger partial charge in [0.2, 0.25) is 0 Å². The molecular weight excluding hydrogens is 381 g/mol. The van der Waals surface area contributed by atoms with Crippen LogP contribution in [-0.4, -0.2) is 4.92 Å². The Bertz CT molecular complexity index is 958. The highest BCUT2D eigenvalue weighted by molar-refractivity contribution is 6.33. The zero-order valence-corrected chi connectivity index (χ0v) is 14.6. The Balaban J connectivity index is 1.86. The monoisotopic (exact) mass is 394 g/mol. The molecule has 2 aliphatic rings. The molecule has 0 spiro atoms. The average Bonchev–Trinajstić information content (AvgIpc) is 3.10. The van der Waals surface area contributed by atoms with Gasteiger partial charge in [0.25, 0.3) is 5.69 Å². The lowest BCUT2D eigenvalue weighted by Gasteiger charge is -2.39. The maximum Gasteiger partial charge on any atom is 0.416 e. The Morgan fingerprint density at radius 3 is 2.70 bits per heavy atom. The number of benzene rings is 2. The van der Waals surface area contributed by atoms with Crippen LogP contribution < -0.4 is 5.32 Å². The molecule has 4 nitrogen and oxygen atoms in total. The number of hydrogen-bond acceptors (Lipinski definition) is 3. The van der Waals surface area contributed by atoms with Gasteiger partial charge in [0.1, 0.15) is 0 Å². The summed E-state index contributed by atoms with van der Waals surface area (Å²) in [6, 6.07) is 8.04. The number of nitro groups is 1. The van der Waals surface area contributed by atoms with Gasteiger partial charge in [-0.05, 0) is 35.6 Å². The number of anilines is 1. The smallest absolute Gasteiger partial charge is 0.376 e. The fraction of sp³-hybridized carbons (Fsp3) is 0.263. The van der Waals surface area contributed by atoms with Crippen molar-refractivity contribution < 1.29 is 18.1 Å². The van der Waals surface area contributed by atoms with Gasteiger partial charge >= 0.3 is 6.18 Å². The van der Waals surface area contributed by atoms with Gasteiger partial charge in [-0.2, -0.15) is 13.2 Å². The number of allylic oxidation sites excluding steroid dienone is 2. The molecule has 140 valence electrons. The molecule has 8 heteroatoms. The zero-order valence-electron chi connectivity index (χ0n) is 13.8. The van der Waals surface area contributed by atoms with Crippen molar-refractivity contribution in [3.8, 4) is 0 Å². The van der Waals surface area contributed by atoms with E-state index in [1.807, 2.05) is 6.08 Å². The van der Waals surface area contributed by atoms with Crippen LogP contribution in [-0.2, 0) is 6.18 Å². The van der Waals surface area contributed by atoms with E-state index >= 15 is 0 Å². The number of non-ortho nitro benzene ring substituents is 1. The van der Waals surface area contributed by atoms with Gasteiger partial charge in [-0.15, -0.1) is 0 Å². The molecule has 4 rings (SSSR count). The second-order valence-electron chi connectivity index (χ2n) is 6.71. The quantitative estimate of drug-likeness (QED) is 0.380. The summed E-state index contributed by atoms with van der Waals surface area (Å²) in [5, 5.41) is 14.4. The van der Waals surface area contributed by atoms with Crippen molar-refractivity contribution in [1.82, 2.24) is 0 Å². The van der Waals surface area contributed by atoms with Gasteiger partial charge in [0.15, 0.2) is 0 Å². The van der Waals surface area contributed by atoms with Crippen LogP contribution in [0.4, 0.5) is 24.5 Å². The number of nitrogens with zero attached hydrogens (tertiary/aromatic N) is 1. The molecule has 1 heterocycles. The number of nitro benzene ring substituents is 1. The molecule has 1 aliphatic carbocycles. The summed E-state index contributed by atoms with van der Waals surface area (Å²) in [7, 11) is 0. The van der Waals surface area contributed by atoms with E-state index in [9.17, 15) is 23.3 Å². The van der Waals surface area contributed by atoms with Gasteiger partial charge in [-0.3, -0.25) is 10.1 Å². The molecule has 2 aromatic carbocycles. The lowest BCUT2D eigenvalue weighted by atomic mass is 9.75. The van der Waals surface area contributed by atoms with Crippen molar-refractivity contribution in [3.63, 3.8) is 0 Å². The second kappa shape index (κ2) is 6.27. The van der Waals surface area contributed by atoms with Crippen LogP contribution >= 0.6 is 11.6 Å². The second-order valence-corrected chi connectivity index (χ2v) is 7.12. The zero-order chi connectivity index (χ0) is 19.3. The number of alkyl halides is 3. The van der Waals surface area contributed by atoms with Crippen molar-refractivity contribution >= 4 is 23.0 Å². The molecular formula is C19H14ClF3N2O2. The third-order valence-corrected chi connectivity index (χ3v) is 5.53. The van der Waals surface area contributed by atoms with Crippen LogP contribution in [0.15, 0.2) is 48.6 Å². The van der Waals surface area contributed by atoms with Crippen LogP contribution in [0.3, 0.4) is 0 Å². The number of hydrogen-bond donors (Lipinski definition) is 1. The maximum atomic E-state index is 13.6. The fourth-order valence-electron chi connectivity index (χ4n) is 4.08. The lowest BCUT2D eigenvalue weighted by molar-refractivity contribution is -0.384. The SMILES string of the molecule is O=[N+]([O-])c1cccc([C@@H]2Nc3c(Cl)ccc(C(F)(F)F)c3[C@@H]3C=CC[C@H]32)c1. The van der Waals surface area contributed by atoms with E-state index in [0.717, 1.165) is 6.07 Å². The van der Waals surface area contributed by atoms with Crippen molar-refractivity contribution in [1.29, 1.82) is 0 Å². The minimum absolute atomic E-state index is 0.0576. The number of nitrogens with one attached hydrogen (secondary N) is 1. The molecule has 0 saturated heterocycles. The van der Waals surface area contributed by atoms with Gasteiger partial charge < -0.3 is 5.32 Å². The Labute approximate surface area is 157 Å². The van der Waals surface area contributed by atoms with Crippen molar-refractivity contribution in [2.24, 2.45) is 5.92 Å². The molecule has 0 aromatic heterocycles. The topological polar surface area (TPSA) is 55.2 Å². The Morgan fingerprint density at radius 2 is 2.00 bits per heavy atom. The summed E-state index contributed by atoms with van der Waals surface area (Å²) < 4.78 is 40.7. The van der Waals surface area contributed by atoms with E-state index in [2.05, 4.69) is 5.32 Å². The predicted molar refractivity (Wildman–Crippen MR) is 95.9 cm³/mol. The van der Waals surface area contributed by atoms with E-state index in [-0.39, 0.29) is 33.9 Å². The minimum atomic E-state index is -4.49. The normalized spacial score (nSPS) is 23.5. The number of fused-ring (bicyclic) bond motifs is 3. The largest absolute Gasteiger partial charge is 0.416 e. The fourth-order valence-corrected chi connectivity index (χ4v) is 4.30. The third-order valence-electron chi connectivity index (χ3n) is 5.21. The summed E-state index contributed by atoms with van der Waals surface area (Å²) >= 11 is 6.23. The Morgan fingerprint density at radius 1 is 1.22 bits per heavy atom. The molecule has 0 radical (unpaired) electrons. The van der Waals surface area contributed by atoms with E-state index in [1.165, 1.54) is 18.2 Å². The van der Waals surface area contributed by atoms with Crippen molar-refractivity contribution in [3.05, 3.63) is 80.4 Å². The molecule has 0 saturated carbocycles. The molecule has 3 atom stereocenters. The van der Waals surface area contributed by atoms with E-state index in [4.69, 9.17) is 11.6 Å². The van der Waals surface area contributed by atoms with Crippen LogP contribution in [0.5, 0.6) is 0 Å². The minimum Gasteiger partial charge on any atom is -0.376 e. The molecule has 2 aromatic rings. The highest BCUT2D eigenvalue weighted by atomic mass is 35.5. The third kappa shape index (κ3) is 2.96. The summed E-state index contributed by atoms with van der Waals surface area (Å²) in [4.78, 5) is 10.6. The molecule has 0 unspecified atom stereocenters. The predicted octanol–water partition coefficient (Wildman–Crippen LogP) is 6.09. The summed E-state index contributed by atoms with van der Waals surface area (Å²) in [6.07, 6.45) is -0.276. The van der Waals surface area contributed by atoms with E-state index in [1.54, 1.807) is 18.2 Å². The van der Waals surface area contributed by atoms with Crippen LogP contribution in [0.2, 0.25) is 5.02 Å². The first-order valence-corrected chi connectivity index (χ1v) is 8.72. The molecule has 1 N–H and O–H groups in total. The Hall–Kier alpha value is -2.54. The number of halogens is 4.